The second-order valence-corrected chi connectivity index (χ2v) is 4.43. The van der Waals surface area contributed by atoms with E-state index in [9.17, 15) is 20.0 Å². The molecule has 3 rings (SSSR count). The molecule has 2 aromatic carbocycles. The Balaban J connectivity index is 2.28. The lowest BCUT2D eigenvalue weighted by atomic mass is 10.1. The van der Waals surface area contributed by atoms with Crippen LogP contribution in [0.5, 0.6) is 5.75 Å². The molecule has 3 aromatic rings. The number of para-hydroxylation sites is 1. The van der Waals surface area contributed by atoms with E-state index in [0.29, 0.717) is 11.0 Å². The van der Waals surface area contributed by atoms with Crippen LogP contribution >= 0.6 is 0 Å². The molecule has 6 nitrogen and oxygen atoms in total. The lowest BCUT2D eigenvalue weighted by Gasteiger charge is -2.05. The maximum atomic E-state index is 12.0. The molecule has 0 saturated heterocycles. The first kappa shape index (κ1) is 12.9. The van der Waals surface area contributed by atoms with E-state index >= 15 is 0 Å². The fourth-order valence-corrected chi connectivity index (χ4v) is 2.07. The number of hydrogen-bond donors (Lipinski definition) is 1. The Bertz CT molecular complexity index is 913. The average molecular weight is 283 g/mol. The highest BCUT2D eigenvalue weighted by atomic mass is 16.6. The van der Waals surface area contributed by atoms with E-state index in [0.717, 1.165) is 0 Å². The lowest BCUT2D eigenvalue weighted by molar-refractivity contribution is -0.384. The van der Waals surface area contributed by atoms with Gasteiger partial charge in [-0.15, -0.1) is 0 Å². The standard InChI is InChI=1S/C15H9NO5/c17-12-6-5-9(16(19)20)7-11(12)15-8-13(18)10-3-1-2-4-14(10)21-15/h1-8,17H. The molecule has 104 valence electrons. The van der Waals surface area contributed by atoms with Gasteiger partial charge < -0.3 is 9.52 Å². The van der Waals surface area contributed by atoms with E-state index in [-0.39, 0.29) is 28.2 Å². The Hall–Kier alpha value is -3.15. The summed E-state index contributed by atoms with van der Waals surface area (Å²) in [6, 6.07) is 11.4. The van der Waals surface area contributed by atoms with Crippen LogP contribution in [0.15, 0.2) is 57.7 Å². The third-order valence-electron chi connectivity index (χ3n) is 3.09. The Morgan fingerprint density at radius 2 is 1.86 bits per heavy atom. The van der Waals surface area contributed by atoms with Crippen molar-refractivity contribution in [3.63, 3.8) is 0 Å². The Kier molecular flexibility index (Phi) is 2.91. The number of non-ortho nitro benzene ring substituents is 1. The lowest BCUT2D eigenvalue weighted by Crippen LogP contribution is -2.00. The van der Waals surface area contributed by atoms with Crippen molar-refractivity contribution in [3.8, 4) is 17.1 Å². The van der Waals surface area contributed by atoms with Gasteiger partial charge in [0.1, 0.15) is 17.1 Å². The van der Waals surface area contributed by atoms with Gasteiger partial charge in [0, 0.05) is 18.2 Å². The summed E-state index contributed by atoms with van der Waals surface area (Å²) < 4.78 is 5.56. The zero-order chi connectivity index (χ0) is 15.0. The molecule has 0 saturated carbocycles. The summed E-state index contributed by atoms with van der Waals surface area (Å²) in [5.74, 6) is -0.112. The van der Waals surface area contributed by atoms with Crippen LogP contribution in [0.25, 0.3) is 22.3 Å². The first-order valence-corrected chi connectivity index (χ1v) is 6.07. The number of fused-ring (bicyclic) bond motifs is 1. The number of phenols is 1. The molecule has 0 radical (unpaired) electrons. The van der Waals surface area contributed by atoms with Crippen LogP contribution in [0.3, 0.4) is 0 Å². The number of nitrogens with zero attached hydrogens (tertiary/aromatic N) is 1. The van der Waals surface area contributed by atoms with E-state index in [2.05, 4.69) is 0 Å². The van der Waals surface area contributed by atoms with Crippen LogP contribution in [0.4, 0.5) is 5.69 Å². The van der Waals surface area contributed by atoms with Crippen LogP contribution < -0.4 is 5.43 Å². The molecule has 0 unspecified atom stereocenters. The molecule has 1 N–H and O–H groups in total. The van der Waals surface area contributed by atoms with Gasteiger partial charge in [0.2, 0.25) is 0 Å². The van der Waals surface area contributed by atoms with Crippen molar-refractivity contribution in [1.29, 1.82) is 0 Å². The largest absolute Gasteiger partial charge is 0.507 e. The predicted molar refractivity (Wildman–Crippen MR) is 76.2 cm³/mol. The van der Waals surface area contributed by atoms with E-state index in [1.54, 1.807) is 24.3 Å². The molecule has 0 spiro atoms. The SMILES string of the molecule is O=c1cc(-c2cc([N+](=O)[O-])ccc2O)oc2ccccc12. The van der Waals surface area contributed by atoms with Crippen molar-refractivity contribution in [2.24, 2.45) is 0 Å². The second kappa shape index (κ2) is 4.75. The minimum absolute atomic E-state index is 0.0832. The van der Waals surface area contributed by atoms with Crippen LogP contribution in [0.1, 0.15) is 0 Å². The van der Waals surface area contributed by atoms with E-state index in [4.69, 9.17) is 4.42 Å². The monoisotopic (exact) mass is 283 g/mol. The van der Waals surface area contributed by atoms with Gasteiger partial charge in [-0.1, -0.05) is 12.1 Å². The molecular weight excluding hydrogens is 274 g/mol. The Morgan fingerprint density at radius 3 is 2.62 bits per heavy atom. The van der Waals surface area contributed by atoms with Gasteiger partial charge in [-0.3, -0.25) is 14.9 Å². The van der Waals surface area contributed by atoms with Crippen LogP contribution in [-0.2, 0) is 0 Å². The maximum absolute atomic E-state index is 12.0. The van der Waals surface area contributed by atoms with Crippen molar-refractivity contribution in [2.75, 3.05) is 0 Å². The molecule has 0 bridgehead atoms. The van der Waals surface area contributed by atoms with Crippen molar-refractivity contribution in [1.82, 2.24) is 0 Å². The minimum Gasteiger partial charge on any atom is -0.507 e. The smallest absolute Gasteiger partial charge is 0.270 e. The number of aromatic hydroxyl groups is 1. The molecule has 0 atom stereocenters. The first-order valence-electron chi connectivity index (χ1n) is 6.07. The third kappa shape index (κ3) is 2.23. The molecule has 1 heterocycles. The van der Waals surface area contributed by atoms with Crippen molar-refractivity contribution in [2.45, 2.75) is 0 Å². The number of rotatable bonds is 2. The summed E-state index contributed by atoms with van der Waals surface area (Å²) >= 11 is 0. The van der Waals surface area contributed by atoms with Crippen LogP contribution in [-0.4, -0.2) is 10.0 Å². The van der Waals surface area contributed by atoms with Gasteiger partial charge in [-0.25, -0.2) is 0 Å². The molecule has 0 fully saturated rings. The topological polar surface area (TPSA) is 93.6 Å². The van der Waals surface area contributed by atoms with E-state index in [1.165, 1.54) is 24.3 Å². The van der Waals surface area contributed by atoms with Gasteiger partial charge in [0.25, 0.3) is 5.69 Å². The highest BCUT2D eigenvalue weighted by molar-refractivity contribution is 5.79. The van der Waals surface area contributed by atoms with E-state index in [1.807, 2.05) is 0 Å². The highest BCUT2D eigenvalue weighted by Crippen LogP contribution is 2.33. The van der Waals surface area contributed by atoms with Crippen molar-refractivity contribution in [3.05, 3.63) is 68.9 Å². The van der Waals surface area contributed by atoms with Crippen LogP contribution in [0.2, 0.25) is 0 Å². The fourth-order valence-electron chi connectivity index (χ4n) is 2.07. The average Bonchev–Trinajstić information content (AvgIpc) is 2.47. The first-order chi connectivity index (χ1) is 10.1. The molecule has 0 aliphatic carbocycles. The zero-order valence-corrected chi connectivity index (χ0v) is 10.6. The summed E-state index contributed by atoms with van der Waals surface area (Å²) in [4.78, 5) is 22.3. The van der Waals surface area contributed by atoms with Gasteiger partial charge in [0.15, 0.2) is 5.43 Å². The maximum Gasteiger partial charge on any atom is 0.270 e. The normalized spacial score (nSPS) is 10.7. The van der Waals surface area contributed by atoms with E-state index < -0.39 is 4.92 Å². The van der Waals surface area contributed by atoms with Gasteiger partial charge in [0.05, 0.1) is 15.9 Å². The molecule has 21 heavy (non-hydrogen) atoms. The number of hydrogen-bond acceptors (Lipinski definition) is 5. The van der Waals surface area contributed by atoms with Gasteiger partial charge in [-0.05, 0) is 18.2 Å². The molecule has 0 amide bonds. The number of nitro benzene ring substituents is 1. The molecular formula is C15H9NO5. The molecule has 6 heteroatoms. The molecule has 1 aromatic heterocycles. The zero-order valence-electron chi connectivity index (χ0n) is 10.6. The quantitative estimate of drug-likeness (QED) is 0.576. The minimum atomic E-state index is -0.581. The summed E-state index contributed by atoms with van der Waals surface area (Å²) in [6.07, 6.45) is 0. The van der Waals surface area contributed by atoms with Crippen molar-refractivity contribution < 1.29 is 14.4 Å². The summed E-state index contributed by atoms with van der Waals surface area (Å²) in [5, 5.41) is 21.1. The second-order valence-electron chi connectivity index (χ2n) is 4.43. The number of nitro groups is 1. The number of phenolic OH excluding ortho intramolecular Hbond substituents is 1. The molecule has 0 aliphatic heterocycles. The van der Waals surface area contributed by atoms with Gasteiger partial charge >= 0.3 is 0 Å². The Labute approximate surface area is 118 Å². The van der Waals surface area contributed by atoms with Crippen LogP contribution in [0, 0.1) is 10.1 Å². The summed E-state index contributed by atoms with van der Waals surface area (Å²) in [6.45, 7) is 0. The van der Waals surface area contributed by atoms with Gasteiger partial charge in [-0.2, -0.15) is 0 Å². The Morgan fingerprint density at radius 1 is 1.10 bits per heavy atom. The molecule has 0 aliphatic rings. The van der Waals surface area contributed by atoms with Crippen molar-refractivity contribution >= 4 is 16.7 Å². The third-order valence-corrected chi connectivity index (χ3v) is 3.09. The summed E-state index contributed by atoms with van der Waals surface area (Å²) in [5.41, 5.74) is -0.0191. The summed E-state index contributed by atoms with van der Waals surface area (Å²) in [7, 11) is 0. The number of benzene rings is 2. The predicted octanol–water partition coefficient (Wildman–Crippen LogP) is 3.07. The highest BCUT2D eigenvalue weighted by Gasteiger charge is 2.15. The fraction of sp³-hybridized carbons (Fsp3) is 0.